The molecule has 12 heavy (non-hydrogen) atoms. The van der Waals surface area contributed by atoms with Crippen molar-refractivity contribution in [1.29, 1.82) is 0 Å². The number of hydrogen-bond donors (Lipinski definition) is 2. The maximum absolute atomic E-state index is 5.36. The summed E-state index contributed by atoms with van der Waals surface area (Å²) in [6.45, 7) is 4.60. The molecule has 0 amide bonds. The van der Waals surface area contributed by atoms with Crippen LogP contribution in [0.3, 0.4) is 0 Å². The molecule has 0 aliphatic rings. The molecule has 0 saturated heterocycles. The van der Waals surface area contributed by atoms with Gasteiger partial charge in [0.05, 0.1) is 0 Å². The van der Waals surface area contributed by atoms with E-state index in [0.717, 1.165) is 13.1 Å². The van der Waals surface area contributed by atoms with Gasteiger partial charge in [0.2, 0.25) is 0 Å². The smallest absolute Gasteiger partial charge is 0.0221 e. The highest BCUT2D eigenvalue weighted by molar-refractivity contribution is 5.16. The lowest BCUT2D eigenvalue weighted by Gasteiger charge is -1.98. The van der Waals surface area contributed by atoms with Gasteiger partial charge in [0.15, 0.2) is 0 Å². The summed E-state index contributed by atoms with van der Waals surface area (Å²) in [5, 5.41) is 3.25. The first kappa shape index (κ1) is 9.29. The summed E-state index contributed by atoms with van der Waals surface area (Å²) in [5.74, 6) is 0. The third-order valence-corrected chi connectivity index (χ3v) is 1.96. The normalized spacial score (nSPS) is 10.6. The lowest BCUT2D eigenvalue weighted by Crippen LogP contribution is -2.21. The van der Waals surface area contributed by atoms with Crippen LogP contribution < -0.4 is 11.1 Å². The van der Waals surface area contributed by atoms with Gasteiger partial charge in [-0.3, -0.25) is 0 Å². The lowest BCUT2D eigenvalue weighted by molar-refractivity contribution is 0.694. The molecule has 1 aromatic heterocycles. The predicted octanol–water partition coefficient (Wildman–Crippen LogP) is 0.382. The maximum atomic E-state index is 5.36. The molecule has 3 heteroatoms. The average Bonchev–Trinajstić information content (AvgIpc) is 2.32. The monoisotopic (exact) mass is 167 g/mol. The summed E-state index contributed by atoms with van der Waals surface area (Å²) < 4.78 is 2.12. The van der Waals surface area contributed by atoms with Crippen LogP contribution in [0, 0.1) is 6.92 Å². The van der Waals surface area contributed by atoms with E-state index in [2.05, 4.69) is 36.1 Å². The first-order valence-corrected chi connectivity index (χ1v) is 4.26. The Morgan fingerprint density at radius 2 is 2.33 bits per heavy atom. The summed E-state index contributed by atoms with van der Waals surface area (Å²) in [6.07, 6.45) is 2.14. The van der Waals surface area contributed by atoms with Crippen LogP contribution in [0.1, 0.15) is 11.3 Å². The minimum Gasteiger partial charge on any atom is -0.354 e. The van der Waals surface area contributed by atoms with E-state index in [0.29, 0.717) is 6.54 Å². The molecule has 0 bridgehead atoms. The molecule has 0 fully saturated rings. The van der Waals surface area contributed by atoms with E-state index in [4.69, 9.17) is 5.73 Å². The molecule has 1 rings (SSSR count). The van der Waals surface area contributed by atoms with Crippen LogP contribution >= 0.6 is 0 Å². The molecular formula is C9H17N3. The van der Waals surface area contributed by atoms with Crippen LogP contribution in [0.25, 0.3) is 0 Å². The molecule has 0 saturated carbocycles. The molecule has 0 radical (unpaired) electrons. The predicted molar refractivity (Wildman–Crippen MR) is 50.9 cm³/mol. The van der Waals surface area contributed by atoms with Crippen molar-refractivity contribution in [2.24, 2.45) is 12.8 Å². The molecular weight excluding hydrogens is 150 g/mol. The van der Waals surface area contributed by atoms with Crippen LogP contribution in [-0.4, -0.2) is 17.7 Å². The molecule has 0 unspecified atom stereocenters. The van der Waals surface area contributed by atoms with Gasteiger partial charge in [0.25, 0.3) is 0 Å². The largest absolute Gasteiger partial charge is 0.354 e. The van der Waals surface area contributed by atoms with Crippen molar-refractivity contribution in [2.75, 3.05) is 13.1 Å². The molecule has 0 aromatic carbocycles. The second kappa shape index (κ2) is 4.28. The Bertz CT molecular complexity index is 220. The van der Waals surface area contributed by atoms with Crippen LogP contribution in [0.4, 0.5) is 0 Å². The molecule has 3 N–H and O–H groups in total. The fraction of sp³-hybridized carbons (Fsp3) is 0.556. The van der Waals surface area contributed by atoms with E-state index in [9.17, 15) is 0 Å². The molecule has 0 aliphatic carbocycles. The highest BCUT2D eigenvalue weighted by atomic mass is 14.9. The number of aryl methyl sites for hydroxylation is 2. The second-order valence-electron chi connectivity index (χ2n) is 3.07. The van der Waals surface area contributed by atoms with Gasteiger partial charge < -0.3 is 15.6 Å². The first-order valence-electron chi connectivity index (χ1n) is 4.26. The molecule has 0 aliphatic heterocycles. The number of hydrogen-bond acceptors (Lipinski definition) is 2. The summed E-state index contributed by atoms with van der Waals surface area (Å²) in [5.41, 5.74) is 7.97. The van der Waals surface area contributed by atoms with Crippen LogP contribution in [-0.2, 0) is 13.6 Å². The van der Waals surface area contributed by atoms with Crippen molar-refractivity contribution in [1.82, 2.24) is 9.88 Å². The van der Waals surface area contributed by atoms with E-state index in [1.807, 2.05) is 0 Å². The highest BCUT2D eigenvalue weighted by Crippen LogP contribution is 2.04. The lowest BCUT2D eigenvalue weighted by atomic mass is 10.3. The minimum absolute atomic E-state index is 0.700. The van der Waals surface area contributed by atoms with Crippen molar-refractivity contribution < 1.29 is 0 Å². The van der Waals surface area contributed by atoms with Gasteiger partial charge >= 0.3 is 0 Å². The molecule has 1 aromatic rings. The Morgan fingerprint density at radius 1 is 1.58 bits per heavy atom. The van der Waals surface area contributed by atoms with E-state index < -0.39 is 0 Å². The van der Waals surface area contributed by atoms with E-state index in [1.54, 1.807) is 0 Å². The average molecular weight is 167 g/mol. The van der Waals surface area contributed by atoms with Crippen molar-refractivity contribution in [3.8, 4) is 0 Å². The third-order valence-electron chi connectivity index (χ3n) is 1.96. The van der Waals surface area contributed by atoms with Crippen LogP contribution in [0.2, 0.25) is 0 Å². The van der Waals surface area contributed by atoms with Gasteiger partial charge in [0, 0.05) is 38.6 Å². The van der Waals surface area contributed by atoms with Crippen molar-refractivity contribution >= 4 is 0 Å². The third kappa shape index (κ3) is 2.36. The fourth-order valence-corrected chi connectivity index (χ4v) is 1.19. The summed E-state index contributed by atoms with van der Waals surface area (Å²) in [7, 11) is 2.06. The van der Waals surface area contributed by atoms with Crippen molar-refractivity contribution in [3.63, 3.8) is 0 Å². The zero-order chi connectivity index (χ0) is 8.97. The Labute approximate surface area is 73.6 Å². The van der Waals surface area contributed by atoms with Gasteiger partial charge in [-0.25, -0.2) is 0 Å². The Hall–Kier alpha value is -0.800. The standard InChI is InChI=1S/C9H17N3/c1-8-5-9(7-12(8)2)6-11-4-3-10/h5,7,11H,3-4,6,10H2,1-2H3. The SMILES string of the molecule is Cc1cc(CNCCN)cn1C. The highest BCUT2D eigenvalue weighted by Gasteiger charge is 1.96. The summed E-state index contributed by atoms with van der Waals surface area (Å²) in [4.78, 5) is 0. The number of nitrogens with one attached hydrogen (secondary N) is 1. The summed E-state index contributed by atoms with van der Waals surface area (Å²) in [6, 6.07) is 2.18. The van der Waals surface area contributed by atoms with E-state index in [-0.39, 0.29) is 0 Å². The molecule has 1 heterocycles. The Balaban J connectivity index is 2.42. The Kier molecular flexibility index (Phi) is 3.31. The van der Waals surface area contributed by atoms with Gasteiger partial charge in [-0.1, -0.05) is 0 Å². The van der Waals surface area contributed by atoms with Gasteiger partial charge in [-0.2, -0.15) is 0 Å². The van der Waals surface area contributed by atoms with Crippen LogP contribution in [0.5, 0.6) is 0 Å². The van der Waals surface area contributed by atoms with E-state index >= 15 is 0 Å². The number of rotatable bonds is 4. The molecule has 0 atom stereocenters. The van der Waals surface area contributed by atoms with Crippen LogP contribution in [0.15, 0.2) is 12.3 Å². The Morgan fingerprint density at radius 3 is 2.83 bits per heavy atom. The molecule has 0 spiro atoms. The van der Waals surface area contributed by atoms with E-state index in [1.165, 1.54) is 11.3 Å². The zero-order valence-electron chi connectivity index (χ0n) is 7.80. The fourth-order valence-electron chi connectivity index (χ4n) is 1.19. The first-order chi connectivity index (χ1) is 5.74. The van der Waals surface area contributed by atoms with Gasteiger partial charge in [-0.15, -0.1) is 0 Å². The quantitative estimate of drug-likeness (QED) is 0.637. The molecule has 68 valence electrons. The van der Waals surface area contributed by atoms with Crippen molar-refractivity contribution in [3.05, 3.63) is 23.5 Å². The van der Waals surface area contributed by atoms with Gasteiger partial charge in [0.1, 0.15) is 0 Å². The zero-order valence-corrected chi connectivity index (χ0v) is 7.80. The minimum atomic E-state index is 0.700. The number of aromatic nitrogens is 1. The number of nitrogens with two attached hydrogens (primary N) is 1. The number of nitrogens with zero attached hydrogens (tertiary/aromatic N) is 1. The second-order valence-corrected chi connectivity index (χ2v) is 3.07. The molecule has 3 nitrogen and oxygen atoms in total. The maximum Gasteiger partial charge on any atom is 0.0221 e. The van der Waals surface area contributed by atoms with Gasteiger partial charge in [-0.05, 0) is 18.6 Å². The summed E-state index contributed by atoms with van der Waals surface area (Å²) >= 11 is 0. The topological polar surface area (TPSA) is 43.0 Å². The van der Waals surface area contributed by atoms with Crippen molar-refractivity contribution in [2.45, 2.75) is 13.5 Å².